The van der Waals surface area contributed by atoms with E-state index in [9.17, 15) is 14.4 Å². The lowest BCUT2D eigenvalue weighted by atomic mass is 10.0. The molecule has 4 aliphatic rings. The largest absolute Gasteiger partial charge is 0.454 e. The van der Waals surface area contributed by atoms with Gasteiger partial charge in [-0.05, 0) is 54.7 Å². The van der Waals surface area contributed by atoms with E-state index in [0.29, 0.717) is 35.7 Å². The minimum Gasteiger partial charge on any atom is -0.454 e. The first-order valence-corrected chi connectivity index (χ1v) is 11.5. The Morgan fingerprint density at radius 2 is 1.73 bits per heavy atom. The fraction of sp³-hybridized carbons (Fsp3) is 0.400. The van der Waals surface area contributed by atoms with Crippen LogP contribution in [0.2, 0.25) is 0 Å². The summed E-state index contributed by atoms with van der Waals surface area (Å²) in [5, 5.41) is 5.99. The SMILES string of the molecule is O=C(NC1CCN2C(=O)c3cc(-c4ccc5c(c4)OCO5)ccc3NC(=O)C12)C1CCCC1. The second-order valence-corrected chi connectivity index (χ2v) is 9.15. The number of carbonyl (C=O) groups excluding carboxylic acids is 3. The number of benzene rings is 2. The molecular weight excluding hydrogens is 422 g/mol. The molecule has 3 amide bonds. The Balaban J connectivity index is 1.27. The molecule has 8 nitrogen and oxygen atoms in total. The fourth-order valence-electron chi connectivity index (χ4n) is 5.43. The number of nitrogens with one attached hydrogen (secondary N) is 2. The predicted octanol–water partition coefficient (Wildman–Crippen LogP) is 2.92. The molecule has 33 heavy (non-hydrogen) atoms. The Hall–Kier alpha value is -3.55. The Morgan fingerprint density at radius 1 is 0.970 bits per heavy atom. The number of fused-ring (bicyclic) bond motifs is 3. The number of hydrogen-bond acceptors (Lipinski definition) is 5. The van der Waals surface area contributed by atoms with E-state index in [1.807, 2.05) is 30.3 Å². The lowest BCUT2D eigenvalue weighted by Gasteiger charge is -2.25. The molecular formula is C25H25N3O5. The van der Waals surface area contributed by atoms with Crippen LogP contribution in [0.15, 0.2) is 36.4 Å². The maximum Gasteiger partial charge on any atom is 0.256 e. The zero-order valence-electron chi connectivity index (χ0n) is 18.1. The highest BCUT2D eigenvalue weighted by Crippen LogP contribution is 2.38. The van der Waals surface area contributed by atoms with Gasteiger partial charge in [0.15, 0.2) is 11.5 Å². The van der Waals surface area contributed by atoms with Crippen LogP contribution in [0, 0.1) is 5.92 Å². The van der Waals surface area contributed by atoms with Crippen LogP contribution in [-0.2, 0) is 9.59 Å². The monoisotopic (exact) mass is 447 g/mol. The van der Waals surface area contributed by atoms with Crippen molar-refractivity contribution in [1.29, 1.82) is 0 Å². The third-order valence-electron chi connectivity index (χ3n) is 7.19. The van der Waals surface area contributed by atoms with Crippen LogP contribution in [0.25, 0.3) is 11.1 Å². The van der Waals surface area contributed by atoms with Crippen LogP contribution < -0.4 is 20.1 Å². The van der Waals surface area contributed by atoms with Gasteiger partial charge >= 0.3 is 0 Å². The zero-order chi connectivity index (χ0) is 22.5. The van der Waals surface area contributed by atoms with E-state index in [4.69, 9.17) is 9.47 Å². The molecule has 0 radical (unpaired) electrons. The number of nitrogens with zero attached hydrogens (tertiary/aromatic N) is 1. The molecule has 2 fully saturated rings. The van der Waals surface area contributed by atoms with Crippen molar-refractivity contribution in [2.45, 2.75) is 44.2 Å². The van der Waals surface area contributed by atoms with Crippen molar-refractivity contribution in [3.05, 3.63) is 42.0 Å². The second-order valence-electron chi connectivity index (χ2n) is 9.15. The van der Waals surface area contributed by atoms with E-state index in [-0.39, 0.29) is 36.5 Å². The van der Waals surface area contributed by atoms with E-state index in [2.05, 4.69) is 10.6 Å². The average molecular weight is 447 g/mol. The standard InChI is InChI=1S/C25H25N3O5/c29-23(14-3-1-2-4-14)27-19-9-10-28-22(19)24(30)26-18-7-5-15(11-17(18)25(28)31)16-6-8-20-21(12-16)33-13-32-20/h5-8,11-12,14,19,22H,1-4,9-10,13H2,(H,26,30)(H,27,29). The fourth-order valence-corrected chi connectivity index (χ4v) is 5.43. The highest BCUT2D eigenvalue weighted by atomic mass is 16.7. The maximum atomic E-state index is 13.5. The van der Waals surface area contributed by atoms with Gasteiger partial charge in [-0.1, -0.05) is 25.0 Å². The number of carbonyl (C=O) groups is 3. The molecule has 3 heterocycles. The van der Waals surface area contributed by atoms with E-state index >= 15 is 0 Å². The number of amides is 3. The average Bonchev–Trinajstić information content (AvgIpc) is 3.57. The number of ether oxygens (including phenoxy) is 2. The van der Waals surface area contributed by atoms with Crippen LogP contribution in [0.5, 0.6) is 11.5 Å². The van der Waals surface area contributed by atoms with Crippen molar-refractivity contribution in [1.82, 2.24) is 10.2 Å². The molecule has 2 unspecified atom stereocenters. The molecule has 1 saturated carbocycles. The lowest BCUT2D eigenvalue weighted by Crippen LogP contribution is -2.52. The van der Waals surface area contributed by atoms with Gasteiger partial charge in [-0.3, -0.25) is 14.4 Å². The summed E-state index contributed by atoms with van der Waals surface area (Å²) in [5.41, 5.74) is 2.68. The molecule has 2 aromatic rings. The van der Waals surface area contributed by atoms with E-state index in [0.717, 1.165) is 36.8 Å². The molecule has 2 aromatic carbocycles. The molecule has 6 rings (SSSR count). The van der Waals surface area contributed by atoms with Crippen molar-refractivity contribution in [2.75, 3.05) is 18.7 Å². The topological polar surface area (TPSA) is 97.0 Å². The normalized spacial score (nSPS) is 23.7. The van der Waals surface area contributed by atoms with Gasteiger partial charge in [0, 0.05) is 12.5 Å². The number of hydrogen-bond donors (Lipinski definition) is 2. The first kappa shape index (κ1) is 20.1. The van der Waals surface area contributed by atoms with Crippen molar-refractivity contribution >= 4 is 23.4 Å². The van der Waals surface area contributed by atoms with Crippen LogP contribution in [-0.4, -0.2) is 48.0 Å². The molecule has 8 heteroatoms. The molecule has 3 aliphatic heterocycles. The maximum absolute atomic E-state index is 13.5. The third-order valence-corrected chi connectivity index (χ3v) is 7.19. The highest BCUT2D eigenvalue weighted by Gasteiger charge is 2.45. The minimum absolute atomic E-state index is 0.00598. The Kier molecular flexibility index (Phi) is 4.74. The molecule has 0 aromatic heterocycles. The second kappa shape index (κ2) is 7.79. The lowest BCUT2D eigenvalue weighted by molar-refractivity contribution is -0.126. The van der Waals surface area contributed by atoms with Gasteiger partial charge in [0.1, 0.15) is 6.04 Å². The summed E-state index contributed by atoms with van der Waals surface area (Å²) in [6.07, 6.45) is 4.49. The Morgan fingerprint density at radius 3 is 2.58 bits per heavy atom. The predicted molar refractivity (Wildman–Crippen MR) is 120 cm³/mol. The van der Waals surface area contributed by atoms with Gasteiger partial charge in [0.05, 0.1) is 17.3 Å². The molecule has 2 N–H and O–H groups in total. The quantitative estimate of drug-likeness (QED) is 0.754. The molecule has 2 atom stereocenters. The minimum atomic E-state index is -0.704. The Labute approximate surface area is 191 Å². The van der Waals surface area contributed by atoms with Crippen molar-refractivity contribution in [3.63, 3.8) is 0 Å². The third kappa shape index (κ3) is 3.41. The number of anilines is 1. The summed E-state index contributed by atoms with van der Waals surface area (Å²) < 4.78 is 10.9. The van der Waals surface area contributed by atoms with Gasteiger partial charge in [0.2, 0.25) is 18.6 Å². The van der Waals surface area contributed by atoms with Gasteiger partial charge in [-0.2, -0.15) is 0 Å². The summed E-state index contributed by atoms with van der Waals surface area (Å²) in [7, 11) is 0. The molecule has 0 spiro atoms. The zero-order valence-corrected chi connectivity index (χ0v) is 18.1. The van der Waals surface area contributed by atoms with Gasteiger partial charge in [-0.25, -0.2) is 0 Å². The molecule has 1 saturated heterocycles. The summed E-state index contributed by atoms with van der Waals surface area (Å²) in [6.45, 7) is 0.627. The van der Waals surface area contributed by atoms with Crippen LogP contribution >= 0.6 is 0 Å². The van der Waals surface area contributed by atoms with E-state index in [1.165, 1.54) is 0 Å². The first-order valence-electron chi connectivity index (χ1n) is 11.5. The van der Waals surface area contributed by atoms with Gasteiger partial charge in [0.25, 0.3) is 5.91 Å². The first-order chi connectivity index (χ1) is 16.1. The summed E-state index contributed by atoms with van der Waals surface area (Å²) in [6, 6.07) is 10.0. The van der Waals surface area contributed by atoms with E-state index < -0.39 is 6.04 Å². The summed E-state index contributed by atoms with van der Waals surface area (Å²) in [4.78, 5) is 40.9. The van der Waals surface area contributed by atoms with E-state index in [1.54, 1.807) is 11.0 Å². The van der Waals surface area contributed by atoms with Crippen LogP contribution in [0.3, 0.4) is 0 Å². The van der Waals surface area contributed by atoms with Crippen molar-refractivity contribution in [2.24, 2.45) is 5.92 Å². The smallest absolute Gasteiger partial charge is 0.256 e. The van der Waals surface area contributed by atoms with Crippen molar-refractivity contribution < 1.29 is 23.9 Å². The molecule has 170 valence electrons. The Bertz CT molecular complexity index is 1160. The summed E-state index contributed by atoms with van der Waals surface area (Å²) >= 11 is 0. The van der Waals surface area contributed by atoms with Crippen LogP contribution in [0.1, 0.15) is 42.5 Å². The highest BCUT2D eigenvalue weighted by molar-refractivity contribution is 6.11. The van der Waals surface area contributed by atoms with Gasteiger partial charge < -0.3 is 25.0 Å². The molecule has 0 bridgehead atoms. The van der Waals surface area contributed by atoms with Crippen molar-refractivity contribution in [3.8, 4) is 22.6 Å². The molecule has 1 aliphatic carbocycles. The number of rotatable bonds is 3. The van der Waals surface area contributed by atoms with Crippen LogP contribution in [0.4, 0.5) is 5.69 Å². The van der Waals surface area contributed by atoms with Gasteiger partial charge in [-0.15, -0.1) is 0 Å². The summed E-state index contributed by atoms with van der Waals surface area (Å²) in [5.74, 6) is 0.933.